The molecule has 0 bridgehead atoms. The molecule has 2 heterocycles. The van der Waals surface area contributed by atoms with Crippen molar-refractivity contribution in [1.82, 2.24) is 9.55 Å². The number of aryl methyl sites for hydroxylation is 1. The Morgan fingerprint density at radius 1 is 1.21 bits per heavy atom. The lowest BCUT2D eigenvalue weighted by Gasteiger charge is -2.05. The summed E-state index contributed by atoms with van der Waals surface area (Å²) in [6, 6.07) is 8.19. The van der Waals surface area contributed by atoms with E-state index in [-0.39, 0.29) is 11.4 Å². The molecule has 96 valence electrons. The van der Waals surface area contributed by atoms with Crippen molar-refractivity contribution < 1.29 is 4.39 Å². The van der Waals surface area contributed by atoms with Crippen LogP contribution >= 0.6 is 0 Å². The summed E-state index contributed by atoms with van der Waals surface area (Å²) in [4.78, 5) is 14.7. The molecule has 0 aliphatic rings. The summed E-state index contributed by atoms with van der Waals surface area (Å²) in [5.41, 5.74) is 2.34. The van der Waals surface area contributed by atoms with Crippen molar-refractivity contribution in [2.75, 3.05) is 0 Å². The monoisotopic (exact) mass is 256 g/mol. The maximum absolute atomic E-state index is 13.0. The van der Waals surface area contributed by atoms with Gasteiger partial charge in [0, 0.05) is 29.9 Å². The first-order valence-corrected chi connectivity index (χ1v) is 6.17. The fourth-order valence-electron chi connectivity index (χ4n) is 2.36. The Morgan fingerprint density at radius 3 is 2.63 bits per heavy atom. The Balaban J connectivity index is 2.31. The lowest BCUT2D eigenvalue weighted by atomic mass is 10.0. The molecular formula is C15H13FN2O. The average molecular weight is 256 g/mol. The van der Waals surface area contributed by atoms with Crippen LogP contribution in [0.3, 0.4) is 0 Å². The van der Waals surface area contributed by atoms with Crippen molar-refractivity contribution in [1.29, 1.82) is 0 Å². The van der Waals surface area contributed by atoms with Gasteiger partial charge in [-0.15, -0.1) is 0 Å². The lowest BCUT2D eigenvalue weighted by Crippen LogP contribution is -2.10. The van der Waals surface area contributed by atoms with Crippen LogP contribution in [0.15, 0.2) is 47.5 Å². The molecule has 3 rings (SSSR count). The summed E-state index contributed by atoms with van der Waals surface area (Å²) in [5, 5.41) is 0.886. The van der Waals surface area contributed by atoms with Crippen molar-refractivity contribution in [2.24, 2.45) is 0 Å². The van der Waals surface area contributed by atoms with Crippen LogP contribution in [-0.4, -0.2) is 9.55 Å². The highest BCUT2D eigenvalue weighted by atomic mass is 19.1. The molecule has 4 heteroatoms. The minimum atomic E-state index is -0.268. The summed E-state index contributed by atoms with van der Waals surface area (Å²) >= 11 is 0. The first-order chi connectivity index (χ1) is 9.20. The van der Waals surface area contributed by atoms with Crippen LogP contribution in [-0.2, 0) is 6.54 Å². The number of nitrogens with one attached hydrogen (secondary N) is 1. The third-order valence-electron chi connectivity index (χ3n) is 3.31. The van der Waals surface area contributed by atoms with Gasteiger partial charge in [0.05, 0.1) is 0 Å². The Labute approximate surface area is 109 Å². The molecule has 1 N–H and O–H groups in total. The molecule has 0 aliphatic carbocycles. The van der Waals surface area contributed by atoms with Crippen LogP contribution in [0.5, 0.6) is 0 Å². The minimum Gasteiger partial charge on any atom is -0.343 e. The largest absolute Gasteiger partial charge is 0.343 e. The molecule has 3 nitrogen and oxygen atoms in total. The molecule has 1 aromatic carbocycles. The van der Waals surface area contributed by atoms with Gasteiger partial charge >= 0.3 is 0 Å². The summed E-state index contributed by atoms with van der Waals surface area (Å²) < 4.78 is 14.9. The van der Waals surface area contributed by atoms with Crippen molar-refractivity contribution >= 4 is 10.9 Å². The summed E-state index contributed by atoms with van der Waals surface area (Å²) in [5.74, 6) is -0.268. The van der Waals surface area contributed by atoms with Gasteiger partial charge in [-0.2, -0.15) is 0 Å². The topological polar surface area (TPSA) is 37.8 Å². The van der Waals surface area contributed by atoms with E-state index >= 15 is 0 Å². The van der Waals surface area contributed by atoms with E-state index in [1.54, 1.807) is 18.3 Å². The third-order valence-corrected chi connectivity index (χ3v) is 3.31. The zero-order chi connectivity index (χ0) is 13.4. The van der Waals surface area contributed by atoms with E-state index in [0.717, 1.165) is 23.1 Å². The highest BCUT2D eigenvalue weighted by molar-refractivity contribution is 5.94. The van der Waals surface area contributed by atoms with E-state index in [1.165, 1.54) is 12.1 Å². The number of nitrogens with zero attached hydrogens (tertiary/aromatic N) is 1. The number of pyridine rings is 1. The van der Waals surface area contributed by atoms with Gasteiger partial charge in [-0.25, -0.2) is 4.39 Å². The molecule has 0 atom stereocenters. The van der Waals surface area contributed by atoms with E-state index in [9.17, 15) is 9.18 Å². The lowest BCUT2D eigenvalue weighted by molar-refractivity contribution is 0.628. The van der Waals surface area contributed by atoms with Crippen LogP contribution in [0.1, 0.15) is 6.92 Å². The van der Waals surface area contributed by atoms with Crippen LogP contribution in [0.4, 0.5) is 4.39 Å². The van der Waals surface area contributed by atoms with Crippen LogP contribution < -0.4 is 5.56 Å². The molecule has 0 radical (unpaired) electrons. The van der Waals surface area contributed by atoms with E-state index in [2.05, 4.69) is 4.98 Å². The fourth-order valence-corrected chi connectivity index (χ4v) is 2.36. The van der Waals surface area contributed by atoms with Crippen molar-refractivity contribution in [3.63, 3.8) is 0 Å². The number of rotatable bonds is 2. The standard InChI is InChI=1S/C15H13FN2O/c1-2-18-8-7-12-13(9-17-15(19)14(12)18)10-3-5-11(16)6-4-10/h3-9H,2H2,1H3,(H,17,19). The molecule has 2 aromatic heterocycles. The number of benzene rings is 1. The molecule has 0 unspecified atom stereocenters. The highest BCUT2D eigenvalue weighted by Crippen LogP contribution is 2.26. The van der Waals surface area contributed by atoms with E-state index < -0.39 is 0 Å². The zero-order valence-corrected chi connectivity index (χ0v) is 10.5. The molecular weight excluding hydrogens is 243 g/mol. The van der Waals surface area contributed by atoms with Crippen molar-refractivity contribution in [3.8, 4) is 11.1 Å². The Hall–Kier alpha value is -2.36. The summed E-state index contributed by atoms with van der Waals surface area (Å²) in [6.07, 6.45) is 3.57. The quantitative estimate of drug-likeness (QED) is 0.751. The van der Waals surface area contributed by atoms with Gasteiger partial charge in [-0.3, -0.25) is 4.79 Å². The van der Waals surface area contributed by atoms with Crippen LogP contribution in [0, 0.1) is 5.82 Å². The second kappa shape index (κ2) is 4.39. The molecule has 0 saturated carbocycles. The second-order valence-electron chi connectivity index (χ2n) is 4.40. The maximum atomic E-state index is 13.0. The molecule has 0 saturated heterocycles. The van der Waals surface area contributed by atoms with Gasteiger partial charge in [0.25, 0.3) is 5.56 Å². The molecule has 0 amide bonds. The van der Waals surface area contributed by atoms with Crippen LogP contribution in [0.2, 0.25) is 0 Å². The van der Waals surface area contributed by atoms with Gasteiger partial charge < -0.3 is 9.55 Å². The number of hydrogen-bond acceptors (Lipinski definition) is 1. The second-order valence-corrected chi connectivity index (χ2v) is 4.40. The number of aromatic nitrogens is 2. The van der Waals surface area contributed by atoms with Gasteiger partial charge in [0.1, 0.15) is 11.3 Å². The minimum absolute atomic E-state index is 0.104. The fraction of sp³-hybridized carbons (Fsp3) is 0.133. The molecule has 19 heavy (non-hydrogen) atoms. The molecule has 0 aliphatic heterocycles. The van der Waals surface area contributed by atoms with Gasteiger partial charge in [0.2, 0.25) is 0 Å². The number of halogens is 1. The summed E-state index contributed by atoms with van der Waals surface area (Å²) in [7, 11) is 0. The molecule has 3 aromatic rings. The Kier molecular flexibility index (Phi) is 2.71. The third kappa shape index (κ3) is 1.85. The van der Waals surface area contributed by atoms with E-state index in [1.807, 2.05) is 23.8 Å². The predicted octanol–water partition coefficient (Wildman–Crippen LogP) is 3.16. The van der Waals surface area contributed by atoms with E-state index in [0.29, 0.717) is 5.52 Å². The number of fused-ring (bicyclic) bond motifs is 1. The van der Waals surface area contributed by atoms with Gasteiger partial charge in [0.15, 0.2) is 0 Å². The average Bonchev–Trinajstić information content (AvgIpc) is 2.85. The van der Waals surface area contributed by atoms with Gasteiger partial charge in [-0.05, 0) is 30.7 Å². The molecule has 0 fully saturated rings. The van der Waals surface area contributed by atoms with Gasteiger partial charge in [-0.1, -0.05) is 12.1 Å². The van der Waals surface area contributed by atoms with E-state index in [4.69, 9.17) is 0 Å². The first-order valence-electron chi connectivity index (χ1n) is 6.17. The first kappa shape index (κ1) is 11.7. The van der Waals surface area contributed by atoms with Crippen molar-refractivity contribution in [3.05, 3.63) is 58.9 Å². The Bertz CT molecular complexity index is 784. The highest BCUT2D eigenvalue weighted by Gasteiger charge is 2.10. The predicted molar refractivity (Wildman–Crippen MR) is 73.6 cm³/mol. The van der Waals surface area contributed by atoms with Crippen LogP contribution in [0.25, 0.3) is 22.0 Å². The number of H-pyrrole nitrogens is 1. The maximum Gasteiger partial charge on any atom is 0.272 e. The Morgan fingerprint density at radius 2 is 1.95 bits per heavy atom. The SMILES string of the molecule is CCn1ccc2c(-c3ccc(F)cc3)c[nH]c(=O)c21. The molecule has 0 spiro atoms. The normalized spacial score (nSPS) is 11.1. The van der Waals surface area contributed by atoms with Crippen molar-refractivity contribution in [2.45, 2.75) is 13.5 Å². The zero-order valence-electron chi connectivity index (χ0n) is 10.5. The summed E-state index contributed by atoms with van der Waals surface area (Å²) in [6.45, 7) is 2.73. The number of aromatic amines is 1. The number of hydrogen-bond donors (Lipinski definition) is 1. The smallest absolute Gasteiger partial charge is 0.272 e.